The average molecular weight is 264 g/mol. The van der Waals surface area contributed by atoms with Crippen LogP contribution in [0.15, 0.2) is 27.8 Å². The molecule has 1 aliphatic rings. The summed E-state index contributed by atoms with van der Waals surface area (Å²) in [6.45, 7) is 0. The minimum absolute atomic E-state index is 0.336. The van der Waals surface area contributed by atoms with Crippen LogP contribution in [0.4, 0.5) is 5.69 Å². The number of hydrogen-bond donors (Lipinski definition) is 1. The maximum absolute atomic E-state index is 12.2. The zero-order chi connectivity index (χ0) is 12.5. The van der Waals surface area contributed by atoms with Crippen LogP contribution in [0.1, 0.15) is 25.7 Å². The summed E-state index contributed by atoms with van der Waals surface area (Å²) >= 11 is 0. The van der Waals surface area contributed by atoms with Crippen LogP contribution in [0.2, 0.25) is 0 Å². The molecular weight excluding hydrogens is 248 g/mol. The lowest BCUT2D eigenvalue weighted by molar-refractivity contribution is 0.474. The second kappa shape index (κ2) is 4.72. The van der Waals surface area contributed by atoms with Gasteiger partial charge in [0.15, 0.2) is 5.58 Å². The van der Waals surface area contributed by atoms with E-state index in [9.17, 15) is 4.21 Å². The first-order chi connectivity index (χ1) is 8.72. The van der Waals surface area contributed by atoms with Crippen LogP contribution < -0.4 is 5.73 Å². The van der Waals surface area contributed by atoms with E-state index in [1.54, 1.807) is 18.2 Å². The first-order valence-electron chi connectivity index (χ1n) is 6.27. The van der Waals surface area contributed by atoms with E-state index >= 15 is 0 Å². The van der Waals surface area contributed by atoms with Gasteiger partial charge in [-0.1, -0.05) is 12.8 Å². The molecule has 0 aliphatic heterocycles. The van der Waals surface area contributed by atoms with E-state index in [-0.39, 0.29) is 0 Å². The molecule has 1 unspecified atom stereocenters. The molecule has 96 valence electrons. The van der Waals surface area contributed by atoms with E-state index in [2.05, 4.69) is 4.98 Å². The summed E-state index contributed by atoms with van der Waals surface area (Å²) in [4.78, 5) is 4.27. The lowest BCUT2D eigenvalue weighted by Crippen LogP contribution is -2.07. The molecular formula is C13H16N2O2S. The Kier molecular flexibility index (Phi) is 3.07. The van der Waals surface area contributed by atoms with Crippen molar-refractivity contribution < 1.29 is 8.63 Å². The van der Waals surface area contributed by atoms with Crippen molar-refractivity contribution in [2.45, 2.75) is 30.9 Å². The summed E-state index contributed by atoms with van der Waals surface area (Å²) in [5.41, 5.74) is 7.66. The maximum atomic E-state index is 12.2. The number of hydrogen-bond acceptors (Lipinski definition) is 4. The second-order valence-electron chi connectivity index (χ2n) is 4.87. The SMILES string of the molecule is Nc1ccc2oc(S(=O)CC3CCCC3)nc2c1. The Balaban J connectivity index is 1.82. The normalized spacial score (nSPS) is 18.4. The number of oxazole rings is 1. The largest absolute Gasteiger partial charge is 0.430 e. The number of fused-ring (bicyclic) bond motifs is 1. The minimum Gasteiger partial charge on any atom is -0.430 e. The fourth-order valence-corrected chi connectivity index (χ4v) is 3.77. The first kappa shape index (κ1) is 11.7. The Bertz CT molecular complexity index is 588. The van der Waals surface area contributed by atoms with Crippen LogP contribution in [-0.2, 0) is 10.8 Å². The molecule has 1 saturated carbocycles. The van der Waals surface area contributed by atoms with Gasteiger partial charge in [-0.05, 0) is 37.0 Å². The number of aromatic nitrogens is 1. The van der Waals surface area contributed by atoms with Gasteiger partial charge in [-0.25, -0.2) is 9.19 Å². The van der Waals surface area contributed by atoms with Crippen LogP contribution in [0.3, 0.4) is 0 Å². The van der Waals surface area contributed by atoms with Gasteiger partial charge in [0, 0.05) is 11.4 Å². The van der Waals surface area contributed by atoms with Gasteiger partial charge in [0.05, 0.1) is 0 Å². The van der Waals surface area contributed by atoms with E-state index in [1.165, 1.54) is 25.7 Å². The predicted octanol–water partition coefficient (Wildman–Crippen LogP) is 2.71. The molecule has 3 rings (SSSR count). The molecule has 0 radical (unpaired) electrons. The topological polar surface area (TPSA) is 69.1 Å². The van der Waals surface area contributed by atoms with Crippen molar-refractivity contribution in [3.05, 3.63) is 18.2 Å². The number of anilines is 1. The molecule has 1 aromatic heterocycles. The van der Waals surface area contributed by atoms with Crippen molar-refractivity contribution in [1.82, 2.24) is 4.98 Å². The molecule has 1 aromatic carbocycles. The number of benzene rings is 1. The Morgan fingerprint density at radius 2 is 2.17 bits per heavy atom. The van der Waals surface area contributed by atoms with Crippen LogP contribution in [0, 0.1) is 5.92 Å². The van der Waals surface area contributed by atoms with Crippen molar-refractivity contribution in [3.8, 4) is 0 Å². The molecule has 18 heavy (non-hydrogen) atoms. The number of nitrogens with zero attached hydrogens (tertiary/aromatic N) is 1. The highest BCUT2D eigenvalue weighted by Crippen LogP contribution is 2.27. The second-order valence-corrected chi connectivity index (χ2v) is 6.24. The molecule has 1 fully saturated rings. The van der Waals surface area contributed by atoms with Crippen LogP contribution in [0.25, 0.3) is 11.1 Å². The van der Waals surface area contributed by atoms with Crippen molar-refractivity contribution in [2.75, 3.05) is 11.5 Å². The van der Waals surface area contributed by atoms with Gasteiger partial charge in [0.1, 0.15) is 16.3 Å². The molecule has 4 nitrogen and oxygen atoms in total. The van der Waals surface area contributed by atoms with Gasteiger partial charge in [-0.15, -0.1) is 0 Å². The van der Waals surface area contributed by atoms with Gasteiger partial charge in [0.2, 0.25) is 0 Å². The predicted molar refractivity (Wildman–Crippen MR) is 71.7 cm³/mol. The quantitative estimate of drug-likeness (QED) is 0.865. The minimum atomic E-state index is -1.13. The van der Waals surface area contributed by atoms with Gasteiger partial charge in [0.25, 0.3) is 5.22 Å². The Morgan fingerprint density at radius 3 is 2.94 bits per heavy atom. The summed E-state index contributed by atoms with van der Waals surface area (Å²) in [7, 11) is -1.13. The monoisotopic (exact) mass is 264 g/mol. The zero-order valence-electron chi connectivity index (χ0n) is 10.1. The average Bonchev–Trinajstić information content (AvgIpc) is 2.96. The molecule has 1 heterocycles. The third-order valence-corrected chi connectivity index (χ3v) is 4.79. The first-order valence-corrected chi connectivity index (χ1v) is 7.59. The van der Waals surface area contributed by atoms with E-state index in [1.807, 2.05) is 0 Å². The van der Waals surface area contributed by atoms with E-state index in [4.69, 9.17) is 10.2 Å². The van der Waals surface area contributed by atoms with Crippen LogP contribution in [-0.4, -0.2) is 14.9 Å². The zero-order valence-corrected chi connectivity index (χ0v) is 10.9. The van der Waals surface area contributed by atoms with Crippen molar-refractivity contribution in [3.63, 3.8) is 0 Å². The Labute approximate surface area is 108 Å². The summed E-state index contributed by atoms with van der Waals surface area (Å²) < 4.78 is 17.7. The Morgan fingerprint density at radius 1 is 1.39 bits per heavy atom. The Hall–Kier alpha value is -1.36. The molecule has 5 heteroatoms. The molecule has 2 N–H and O–H groups in total. The number of rotatable bonds is 3. The van der Waals surface area contributed by atoms with Gasteiger partial charge in [-0.2, -0.15) is 0 Å². The highest BCUT2D eigenvalue weighted by Gasteiger charge is 2.21. The van der Waals surface area contributed by atoms with E-state index in [0.29, 0.717) is 33.7 Å². The third kappa shape index (κ3) is 2.27. The number of nitrogen functional groups attached to an aromatic ring is 1. The van der Waals surface area contributed by atoms with Crippen molar-refractivity contribution >= 4 is 27.6 Å². The van der Waals surface area contributed by atoms with Crippen LogP contribution >= 0.6 is 0 Å². The third-order valence-electron chi connectivity index (χ3n) is 3.45. The fraction of sp³-hybridized carbons (Fsp3) is 0.462. The van der Waals surface area contributed by atoms with Crippen molar-refractivity contribution in [1.29, 1.82) is 0 Å². The summed E-state index contributed by atoms with van der Waals surface area (Å²) in [6, 6.07) is 5.28. The number of nitrogens with two attached hydrogens (primary N) is 1. The molecule has 2 aromatic rings. The van der Waals surface area contributed by atoms with Gasteiger partial charge < -0.3 is 10.2 Å². The molecule has 1 atom stereocenters. The molecule has 0 amide bonds. The van der Waals surface area contributed by atoms with E-state index < -0.39 is 10.8 Å². The molecule has 0 bridgehead atoms. The maximum Gasteiger partial charge on any atom is 0.287 e. The fourth-order valence-electron chi connectivity index (χ4n) is 2.48. The molecule has 0 spiro atoms. The van der Waals surface area contributed by atoms with Crippen molar-refractivity contribution in [2.24, 2.45) is 5.92 Å². The summed E-state index contributed by atoms with van der Waals surface area (Å²) in [5.74, 6) is 1.23. The summed E-state index contributed by atoms with van der Waals surface area (Å²) in [5, 5.41) is 0.336. The molecule has 1 aliphatic carbocycles. The summed E-state index contributed by atoms with van der Waals surface area (Å²) in [6.07, 6.45) is 4.87. The van der Waals surface area contributed by atoms with Gasteiger partial charge in [-0.3, -0.25) is 0 Å². The lowest BCUT2D eigenvalue weighted by Gasteiger charge is -2.04. The highest BCUT2D eigenvalue weighted by atomic mass is 32.2. The smallest absolute Gasteiger partial charge is 0.287 e. The van der Waals surface area contributed by atoms with Crippen LogP contribution in [0.5, 0.6) is 0 Å². The highest BCUT2D eigenvalue weighted by molar-refractivity contribution is 7.84. The molecule has 0 saturated heterocycles. The standard InChI is InChI=1S/C13H16N2O2S/c14-10-5-6-12-11(7-10)15-13(17-12)18(16)8-9-3-1-2-4-9/h5-7,9H,1-4,8,14H2. The van der Waals surface area contributed by atoms with Gasteiger partial charge >= 0.3 is 0 Å². The lowest BCUT2D eigenvalue weighted by atomic mass is 10.1. The van der Waals surface area contributed by atoms with E-state index in [0.717, 1.165) is 0 Å².